The van der Waals surface area contributed by atoms with Crippen LogP contribution in [-0.4, -0.2) is 17.1 Å². The van der Waals surface area contributed by atoms with Gasteiger partial charge in [-0.2, -0.15) is 5.26 Å². The van der Waals surface area contributed by atoms with Crippen molar-refractivity contribution in [1.29, 1.82) is 5.26 Å². The first-order valence-corrected chi connectivity index (χ1v) is 11.0. The lowest BCUT2D eigenvalue weighted by molar-refractivity contribution is -0.117. The van der Waals surface area contributed by atoms with Crippen LogP contribution >= 0.6 is 0 Å². The van der Waals surface area contributed by atoms with Gasteiger partial charge in [0.05, 0.1) is 24.8 Å². The third kappa shape index (κ3) is 4.66. The van der Waals surface area contributed by atoms with Gasteiger partial charge in [-0.3, -0.25) is 4.79 Å². The summed E-state index contributed by atoms with van der Waals surface area (Å²) in [6.07, 6.45) is 0.391. The van der Waals surface area contributed by atoms with Crippen LogP contribution in [0.5, 0.6) is 0 Å². The maximum Gasteiger partial charge on any atom is 0.224 e. The summed E-state index contributed by atoms with van der Waals surface area (Å²) in [6, 6.07) is 23.9. The fourth-order valence-electron chi connectivity index (χ4n) is 4.11. The van der Waals surface area contributed by atoms with Crippen LogP contribution in [0, 0.1) is 17.2 Å². The summed E-state index contributed by atoms with van der Waals surface area (Å²) >= 11 is 0. The molecule has 1 amide bonds. The number of aromatic nitrogens is 1. The van der Waals surface area contributed by atoms with Crippen LogP contribution in [0.2, 0.25) is 0 Å². The zero-order chi connectivity index (χ0) is 22.5. The van der Waals surface area contributed by atoms with E-state index in [4.69, 9.17) is 10.00 Å². The Bertz CT molecular complexity index is 1280. The number of benzene rings is 3. The fourth-order valence-corrected chi connectivity index (χ4v) is 4.11. The van der Waals surface area contributed by atoms with Gasteiger partial charge in [-0.05, 0) is 54.8 Å². The van der Waals surface area contributed by atoms with E-state index in [9.17, 15) is 4.79 Å². The van der Waals surface area contributed by atoms with Crippen molar-refractivity contribution >= 4 is 33.4 Å². The molecule has 0 aliphatic carbocycles. The second kappa shape index (κ2) is 9.67. The van der Waals surface area contributed by atoms with Gasteiger partial charge in [-0.25, -0.2) is 0 Å². The Labute approximate surface area is 188 Å². The Balaban J connectivity index is 1.35. The van der Waals surface area contributed by atoms with Crippen molar-refractivity contribution in [3.05, 3.63) is 77.9 Å². The summed E-state index contributed by atoms with van der Waals surface area (Å²) in [7, 11) is 0. The van der Waals surface area contributed by atoms with E-state index < -0.39 is 0 Å². The van der Waals surface area contributed by atoms with Gasteiger partial charge in [0.2, 0.25) is 5.91 Å². The minimum Gasteiger partial charge on any atom is -0.376 e. The molecule has 0 radical (unpaired) electrons. The molecule has 0 aliphatic rings. The summed E-state index contributed by atoms with van der Waals surface area (Å²) in [6.45, 7) is 6.02. The quantitative estimate of drug-likeness (QED) is 0.384. The summed E-state index contributed by atoms with van der Waals surface area (Å²) < 4.78 is 8.06. The highest BCUT2D eigenvalue weighted by Gasteiger charge is 2.13. The molecule has 5 nitrogen and oxygen atoms in total. The Morgan fingerprint density at radius 2 is 1.81 bits per heavy atom. The van der Waals surface area contributed by atoms with E-state index in [0.717, 1.165) is 23.2 Å². The molecule has 4 aromatic rings. The molecule has 32 heavy (non-hydrogen) atoms. The minimum absolute atomic E-state index is 0.0157. The smallest absolute Gasteiger partial charge is 0.224 e. The van der Waals surface area contributed by atoms with E-state index in [1.807, 2.05) is 31.2 Å². The second-order valence-electron chi connectivity index (χ2n) is 8.17. The number of nitrogens with one attached hydrogen (secondary N) is 1. The first-order valence-electron chi connectivity index (χ1n) is 11.0. The lowest BCUT2D eigenvalue weighted by atomic mass is 10.1. The first kappa shape index (κ1) is 21.6. The molecule has 0 saturated heterocycles. The zero-order valence-corrected chi connectivity index (χ0v) is 18.5. The normalized spacial score (nSPS) is 12.0. The molecule has 5 heteroatoms. The molecule has 0 spiro atoms. The van der Waals surface area contributed by atoms with E-state index in [1.165, 1.54) is 16.4 Å². The molecule has 3 aromatic carbocycles. The van der Waals surface area contributed by atoms with Gasteiger partial charge < -0.3 is 14.6 Å². The van der Waals surface area contributed by atoms with Crippen LogP contribution in [0.3, 0.4) is 0 Å². The Morgan fingerprint density at radius 3 is 2.56 bits per heavy atom. The van der Waals surface area contributed by atoms with Crippen molar-refractivity contribution in [2.24, 2.45) is 5.92 Å². The lowest BCUT2D eigenvalue weighted by Gasteiger charge is -2.13. The van der Waals surface area contributed by atoms with Crippen molar-refractivity contribution in [3.63, 3.8) is 0 Å². The number of aryl methyl sites for hydroxylation is 1. The molecule has 0 aliphatic heterocycles. The number of rotatable bonds is 8. The van der Waals surface area contributed by atoms with E-state index in [-0.39, 0.29) is 11.8 Å². The Hall–Kier alpha value is -3.62. The standard InChI is InChI=1S/C27H27N3O2/c1-3-30-25-7-5-4-6-23(25)24-15-22(12-13-26(24)30)29-27(31)14-19(2)17-32-18-21-10-8-20(16-28)9-11-21/h4-13,15,19H,3,14,17-18H2,1-2H3,(H,29,31). The van der Waals surface area contributed by atoms with Crippen LogP contribution in [0.4, 0.5) is 5.69 Å². The number of nitrogens with zero attached hydrogens (tertiary/aromatic N) is 2. The number of carbonyl (C=O) groups is 1. The predicted octanol–water partition coefficient (Wildman–Crippen LogP) is 5.87. The minimum atomic E-state index is -0.0157. The van der Waals surface area contributed by atoms with Gasteiger partial charge in [-0.15, -0.1) is 0 Å². The summed E-state index contributed by atoms with van der Waals surface area (Å²) in [5, 5.41) is 14.3. The molecule has 4 rings (SSSR count). The maximum absolute atomic E-state index is 12.6. The number of ether oxygens (including phenoxy) is 1. The molecule has 162 valence electrons. The molecule has 0 bridgehead atoms. The largest absolute Gasteiger partial charge is 0.376 e. The SMILES string of the molecule is CCn1c2ccccc2c2cc(NC(=O)CC(C)COCc3ccc(C#N)cc3)ccc21. The van der Waals surface area contributed by atoms with E-state index in [0.29, 0.717) is 25.2 Å². The number of amides is 1. The highest BCUT2D eigenvalue weighted by Crippen LogP contribution is 2.31. The van der Waals surface area contributed by atoms with Gasteiger partial charge in [0, 0.05) is 40.5 Å². The molecule has 1 aromatic heterocycles. The van der Waals surface area contributed by atoms with Crippen LogP contribution in [0.15, 0.2) is 66.7 Å². The molecule has 1 unspecified atom stereocenters. The summed E-state index contributed by atoms with van der Waals surface area (Å²) in [4.78, 5) is 12.6. The zero-order valence-electron chi connectivity index (χ0n) is 18.5. The van der Waals surface area contributed by atoms with Crippen LogP contribution < -0.4 is 5.32 Å². The molecule has 1 atom stereocenters. The number of hydrogen-bond acceptors (Lipinski definition) is 3. The first-order chi connectivity index (χ1) is 15.6. The van der Waals surface area contributed by atoms with Crippen LogP contribution in [-0.2, 0) is 22.7 Å². The van der Waals surface area contributed by atoms with Gasteiger partial charge in [-0.1, -0.05) is 37.3 Å². The number of fused-ring (bicyclic) bond motifs is 3. The third-order valence-electron chi connectivity index (χ3n) is 5.66. The highest BCUT2D eigenvalue weighted by atomic mass is 16.5. The van der Waals surface area contributed by atoms with Crippen LogP contribution in [0.1, 0.15) is 31.4 Å². The van der Waals surface area contributed by atoms with E-state index >= 15 is 0 Å². The number of nitriles is 1. The monoisotopic (exact) mass is 425 g/mol. The van der Waals surface area contributed by atoms with Gasteiger partial charge >= 0.3 is 0 Å². The second-order valence-corrected chi connectivity index (χ2v) is 8.17. The maximum atomic E-state index is 12.6. The van der Waals surface area contributed by atoms with Crippen LogP contribution in [0.25, 0.3) is 21.8 Å². The number of carbonyl (C=O) groups excluding carboxylic acids is 1. The van der Waals surface area contributed by atoms with Gasteiger partial charge in [0.25, 0.3) is 0 Å². The average Bonchev–Trinajstić information content (AvgIpc) is 3.12. The molecular weight excluding hydrogens is 398 g/mol. The Morgan fingerprint density at radius 1 is 1.06 bits per heavy atom. The van der Waals surface area contributed by atoms with Gasteiger partial charge in [0.1, 0.15) is 0 Å². The number of para-hydroxylation sites is 1. The molecule has 0 fully saturated rings. The average molecular weight is 426 g/mol. The van der Waals surface area contributed by atoms with Crippen molar-refractivity contribution < 1.29 is 9.53 Å². The van der Waals surface area contributed by atoms with Crippen molar-refractivity contribution in [2.75, 3.05) is 11.9 Å². The predicted molar refractivity (Wildman–Crippen MR) is 128 cm³/mol. The fraction of sp³-hybridized carbons (Fsp3) is 0.259. The number of hydrogen-bond donors (Lipinski definition) is 1. The molecule has 1 N–H and O–H groups in total. The molecular formula is C27H27N3O2. The lowest BCUT2D eigenvalue weighted by Crippen LogP contribution is -2.18. The molecule has 1 heterocycles. The van der Waals surface area contributed by atoms with Crippen molar-refractivity contribution in [2.45, 2.75) is 33.4 Å². The van der Waals surface area contributed by atoms with Crippen molar-refractivity contribution in [3.8, 4) is 6.07 Å². The van der Waals surface area contributed by atoms with E-state index in [2.05, 4.69) is 53.2 Å². The van der Waals surface area contributed by atoms with E-state index in [1.54, 1.807) is 12.1 Å². The topological polar surface area (TPSA) is 67.1 Å². The molecule has 0 saturated carbocycles. The number of anilines is 1. The summed E-state index contributed by atoms with van der Waals surface area (Å²) in [5.74, 6) is 0.0807. The summed E-state index contributed by atoms with van der Waals surface area (Å²) in [5.41, 5.74) is 4.85. The Kier molecular flexibility index (Phi) is 6.53. The highest BCUT2D eigenvalue weighted by molar-refractivity contribution is 6.09. The van der Waals surface area contributed by atoms with Gasteiger partial charge in [0.15, 0.2) is 0 Å². The third-order valence-corrected chi connectivity index (χ3v) is 5.66. The van der Waals surface area contributed by atoms with Crippen molar-refractivity contribution in [1.82, 2.24) is 4.57 Å².